The molecule has 0 aromatic rings. The number of ether oxygens (including phenoxy) is 2. The van der Waals surface area contributed by atoms with Gasteiger partial charge < -0.3 is 14.8 Å². The van der Waals surface area contributed by atoms with Gasteiger partial charge in [0.2, 0.25) is 5.91 Å². The fraction of sp³-hybridized carbons (Fsp3) is 0.733. The molecule has 24 heavy (non-hydrogen) atoms. The van der Waals surface area contributed by atoms with Gasteiger partial charge in [-0.2, -0.15) is 8.42 Å². The van der Waals surface area contributed by atoms with E-state index in [1.807, 2.05) is 0 Å². The minimum Gasteiger partial charge on any atom is -0.460 e. The molecule has 134 valence electrons. The number of amides is 1. The Morgan fingerprint density at radius 3 is 2.79 bits per heavy atom. The van der Waals surface area contributed by atoms with Gasteiger partial charge in [-0.05, 0) is 25.7 Å². The molecule has 5 unspecified atom stereocenters. The molecule has 1 N–H and O–H groups in total. The van der Waals surface area contributed by atoms with Gasteiger partial charge in [0, 0.05) is 11.5 Å². The van der Waals surface area contributed by atoms with Crippen molar-refractivity contribution in [1.82, 2.24) is 5.32 Å². The zero-order chi connectivity index (χ0) is 17.5. The minimum absolute atomic E-state index is 0.00498. The molecule has 0 aromatic carbocycles. The Balaban J connectivity index is 1.39. The average molecular weight is 359 g/mol. The number of hydrogen-bond donors (Lipinski definition) is 1. The third kappa shape index (κ3) is 3.20. The predicted molar refractivity (Wildman–Crippen MR) is 82.3 cm³/mol. The Morgan fingerprint density at radius 2 is 2.08 bits per heavy atom. The predicted octanol–water partition coefficient (Wildman–Crippen LogP) is -0.256. The van der Waals surface area contributed by atoms with Crippen LogP contribution in [0.4, 0.5) is 0 Å². The normalized spacial score (nSPS) is 35.0. The van der Waals surface area contributed by atoms with Gasteiger partial charge >= 0.3 is 5.97 Å². The first kappa shape index (κ1) is 17.4. The van der Waals surface area contributed by atoms with Gasteiger partial charge in [0.05, 0.1) is 17.9 Å². The maximum atomic E-state index is 11.8. The molecule has 3 rings (SSSR count). The highest BCUT2D eigenvalue weighted by atomic mass is 32.2. The lowest BCUT2D eigenvalue weighted by atomic mass is 9.94. The average Bonchev–Trinajstić information content (AvgIpc) is 3.11. The summed E-state index contributed by atoms with van der Waals surface area (Å²) in [5, 5.41) is 2.18. The molecule has 3 aliphatic rings. The van der Waals surface area contributed by atoms with Crippen LogP contribution < -0.4 is 5.32 Å². The summed E-state index contributed by atoms with van der Waals surface area (Å²) in [6.07, 6.45) is 0.517. The number of carbonyl (C=O) groups is 2. The van der Waals surface area contributed by atoms with Crippen molar-refractivity contribution in [1.29, 1.82) is 0 Å². The molecule has 1 aliphatic heterocycles. The van der Waals surface area contributed by atoms with Crippen LogP contribution in [-0.2, 0) is 33.4 Å². The van der Waals surface area contributed by atoms with Crippen LogP contribution in [0.5, 0.6) is 0 Å². The lowest BCUT2D eigenvalue weighted by molar-refractivity contribution is -0.140. The first-order valence-corrected chi connectivity index (χ1v) is 9.40. The molecule has 0 radical (unpaired) electrons. The number of fused-ring (bicyclic) bond motifs is 1. The molecule has 1 amide bonds. The zero-order valence-corrected chi connectivity index (χ0v) is 14.2. The Hall–Kier alpha value is -1.45. The molecular formula is C15H21NO7S. The Morgan fingerprint density at radius 1 is 1.33 bits per heavy atom. The van der Waals surface area contributed by atoms with Crippen LogP contribution in [-0.4, -0.2) is 57.5 Å². The molecule has 1 saturated heterocycles. The molecule has 2 saturated carbocycles. The van der Waals surface area contributed by atoms with Gasteiger partial charge in [-0.15, -0.1) is 0 Å². The largest absolute Gasteiger partial charge is 0.460 e. The first-order chi connectivity index (χ1) is 11.3. The molecule has 2 bridgehead atoms. The zero-order valence-electron chi connectivity index (χ0n) is 13.4. The molecule has 5 atom stereocenters. The number of esters is 1. The molecule has 8 nitrogen and oxygen atoms in total. The first-order valence-electron chi connectivity index (χ1n) is 7.92. The van der Waals surface area contributed by atoms with E-state index in [2.05, 4.69) is 11.9 Å². The highest BCUT2D eigenvalue weighted by Gasteiger charge is 2.64. The second-order valence-corrected chi connectivity index (χ2v) is 8.31. The van der Waals surface area contributed by atoms with Crippen LogP contribution in [0.1, 0.15) is 19.8 Å². The second kappa shape index (κ2) is 6.45. The van der Waals surface area contributed by atoms with Gasteiger partial charge in [-0.1, -0.05) is 6.58 Å². The van der Waals surface area contributed by atoms with Crippen molar-refractivity contribution in [3.8, 4) is 0 Å². The summed E-state index contributed by atoms with van der Waals surface area (Å²) in [5.41, 5.74) is 0.297. The van der Waals surface area contributed by atoms with Crippen molar-refractivity contribution in [2.45, 2.75) is 37.2 Å². The van der Waals surface area contributed by atoms with Crippen LogP contribution in [0, 0.1) is 11.8 Å². The van der Waals surface area contributed by atoms with E-state index in [0.29, 0.717) is 12.0 Å². The fourth-order valence-electron chi connectivity index (χ4n) is 3.79. The van der Waals surface area contributed by atoms with Crippen molar-refractivity contribution >= 4 is 22.0 Å². The van der Waals surface area contributed by atoms with Gasteiger partial charge in [-0.3, -0.25) is 8.98 Å². The lowest BCUT2D eigenvalue weighted by Crippen LogP contribution is -2.39. The van der Waals surface area contributed by atoms with Gasteiger partial charge in [0.15, 0.2) is 0 Å². The number of nitrogens with one attached hydrogen (secondary N) is 1. The van der Waals surface area contributed by atoms with Crippen LogP contribution in [0.2, 0.25) is 0 Å². The highest BCUT2D eigenvalue weighted by molar-refractivity contribution is 7.87. The second-order valence-electron chi connectivity index (χ2n) is 6.53. The summed E-state index contributed by atoms with van der Waals surface area (Å²) in [4.78, 5) is 22.9. The number of hydrogen-bond acceptors (Lipinski definition) is 7. The van der Waals surface area contributed by atoms with Crippen molar-refractivity contribution < 1.29 is 31.7 Å². The molecule has 1 heterocycles. The van der Waals surface area contributed by atoms with Crippen LogP contribution in [0.25, 0.3) is 0 Å². The number of carbonyl (C=O) groups excluding carboxylic acids is 2. The van der Waals surface area contributed by atoms with Crippen LogP contribution in [0.15, 0.2) is 12.2 Å². The Labute approximate surface area is 140 Å². The van der Waals surface area contributed by atoms with E-state index in [-0.39, 0.29) is 43.6 Å². The molecule has 0 aromatic heterocycles. The standard InChI is InChI=1S/C15H21NO7S/c1-8(2)15(18)21-4-3-16-12(17)7-22-13-9-5-10-11(6-9)24(19,20)23-14(10)13/h9-11,13-14H,1,3-7H2,2H3,(H,16,17). The van der Waals surface area contributed by atoms with E-state index in [9.17, 15) is 18.0 Å². The van der Waals surface area contributed by atoms with Crippen molar-refractivity contribution in [3.05, 3.63) is 12.2 Å². The monoisotopic (exact) mass is 359 g/mol. The minimum atomic E-state index is -3.47. The van der Waals surface area contributed by atoms with E-state index in [1.165, 1.54) is 0 Å². The van der Waals surface area contributed by atoms with E-state index < -0.39 is 27.4 Å². The summed E-state index contributed by atoms with van der Waals surface area (Å²) in [6.45, 7) is 5.05. The van der Waals surface area contributed by atoms with Crippen LogP contribution >= 0.6 is 0 Å². The van der Waals surface area contributed by atoms with Crippen molar-refractivity contribution in [2.75, 3.05) is 19.8 Å². The third-order valence-electron chi connectivity index (χ3n) is 4.83. The van der Waals surface area contributed by atoms with E-state index in [1.54, 1.807) is 6.92 Å². The van der Waals surface area contributed by atoms with E-state index in [4.69, 9.17) is 13.7 Å². The molecule has 9 heteroatoms. The molecule has 2 aliphatic carbocycles. The SMILES string of the molecule is C=C(C)C(=O)OCCNC(=O)COC1C2CC3C1OS(=O)(=O)C3C2. The van der Waals surface area contributed by atoms with E-state index in [0.717, 1.165) is 6.42 Å². The summed E-state index contributed by atoms with van der Waals surface area (Å²) in [6, 6.07) is 0. The summed E-state index contributed by atoms with van der Waals surface area (Å²) in [5.74, 6) is -0.723. The van der Waals surface area contributed by atoms with Gasteiger partial charge in [-0.25, -0.2) is 4.79 Å². The maximum absolute atomic E-state index is 11.8. The molecule has 0 spiro atoms. The fourth-order valence-corrected chi connectivity index (χ4v) is 5.67. The topological polar surface area (TPSA) is 108 Å². The third-order valence-corrected chi connectivity index (χ3v) is 6.60. The summed E-state index contributed by atoms with van der Waals surface area (Å²) >= 11 is 0. The van der Waals surface area contributed by atoms with Crippen molar-refractivity contribution in [2.24, 2.45) is 11.8 Å². The highest BCUT2D eigenvalue weighted by Crippen LogP contribution is 2.55. The number of rotatable bonds is 7. The molecule has 3 fully saturated rings. The Bertz CT molecular complexity index is 659. The van der Waals surface area contributed by atoms with Gasteiger partial charge in [0.25, 0.3) is 10.1 Å². The summed E-state index contributed by atoms with van der Waals surface area (Å²) in [7, 11) is -3.47. The van der Waals surface area contributed by atoms with E-state index >= 15 is 0 Å². The summed E-state index contributed by atoms with van der Waals surface area (Å²) < 4.78 is 39.3. The lowest BCUT2D eigenvalue weighted by Gasteiger charge is -2.24. The maximum Gasteiger partial charge on any atom is 0.333 e. The molecular weight excluding hydrogens is 338 g/mol. The quantitative estimate of drug-likeness (QED) is 0.289. The smallest absolute Gasteiger partial charge is 0.333 e. The van der Waals surface area contributed by atoms with Crippen molar-refractivity contribution in [3.63, 3.8) is 0 Å². The Kier molecular flexibility index (Phi) is 4.67. The van der Waals surface area contributed by atoms with Gasteiger partial charge in [0.1, 0.15) is 19.3 Å². The van der Waals surface area contributed by atoms with Crippen LogP contribution in [0.3, 0.4) is 0 Å².